The third kappa shape index (κ3) is 7.05. The van der Waals surface area contributed by atoms with Gasteiger partial charge < -0.3 is 20.9 Å². The topological polar surface area (TPSA) is 102 Å². The molecule has 0 radical (unpaired) electrons. The van der Waals surface area contributed by atoms with Crippen molar-refractivity contribution in [3.8, 4) is 0 Å². The molecule has 0 aliphatic heterocycles. The van der Waals surface area contributed by atoms with E-state index in [1.807, 2.05) is 5.32 Å². The minimum atomic E-state index is -2.10. The monoisotopic (exact) mass is 233 g/mol. The number of hydrogen-bond acceptors (Lipinski definition) is 4. The van der Waals surface area contributed by atoms with Crippen LogP contribution < -0.4 is 11.1 Å². The standard InChI is InChI=1S/C10H20N2O4/c1-10(2,3)16-9(15)12-7(8(13)14)5-4-6-11/h7H,4-6,11H2,1-3H3,(H,12,15)(H,13,14)/t7-/m1/s1/i7D. The van der Waals surface area contributed by atoms with E-state index in [4.69, 9.17) is 16.9 Å². The zero-order valence-corrected chi connectivity index (χ0v) is 9.87. The fourth-order valence-corrected chi connectivity index (χ4v) is 0.929. The van der Waals surface area contributed by atoms with Crippen LogP contribution in [0.5, 0.6) is 0 Å². The summed E-state index contributed by atoms with van der Waals surface area (Å²) in [7, 11) is 0. The Morgan fingerprint density at radius 3 is 2.50 bits per heavy atom. The van der Waals surface area contributed by atoms with Crippen molar-refractivity contribution >= 4 is 12.1 Å². The van der Waals surface area contributed by atoms with Gasteiger partial charge in [-0.1, -0.05) is 0 Å². The normalized spacial score (nSPS) is 15.9. The van der Waals surface area contributed by atoms with E-state index in [9.17, 15) is 9.59 Å². The van der Waals surface area contributed by atoms with E-state index < -0.39 is 23.7 Å². The number of carboxylic acids is 1. The summed E-state index contributed by atoms with van der Waals surface area (Å²) in [6.07, 6.45) is -0.671. The van der Waals surface area contributed by atoms with Crippen LogP contribution in [0.25, 0.3) is 0 Å². The molecule has 0 aromatic carbocycles. The van der Waals surface area contributed by atoms with Crippen LogP contribution in [0.2, 0.25) is 0 Å². The average molecular weight is 233 g/mol. The molecule has 0 unspecified atom stereocenters. The maximum Gasteiger partial charge on any atom is 0.408 e. The molecule has 0 rings (SSSR count). The molecule has 0 aromatic rings. The van der Waals surface area contributed by atoms with Crippen LogP contribution in [0, 0.1) is 0 Å². The summed E-state index contributed by atoms with van der Waals surface area (Å²) >= 11 is 0. The van der Waals surface area contributed by atoms with Crippen LogP contribution in [0.15, 0.2) is 0 Å². The molecule has 4 N–H and O–H groups in total. The summed E-state index contributed by atoms with van der Waals surface area (Å²) < 4.78 is 12.5. The molecule has 94 valence electrons. The molecular weight excluding hydrogens is 212 g/mol. The lowest BCUT2D eigenvalue weighted by Gasteiger charge is -2.21. The van der Waals surface area contributed by atoms with E-state index in [0.29, 0.717) is 6.42 Å². The van der Waals surface area contributed by atoms with E-state index in [-0.39, 0.29) is 13.0 Å². The van der Waals surface area contributed by atoms with E-state index in [2.05, 4.69) is 0 Å². The number of amides is 1. The summed E-state index contributed by atoms with van der Waals surface area (Å²) in [6.45, 7) is 5.21. The van der Waals surface area contributed by atoms with Crippen LogP contribution in [-0.4, -0.2) is 35.3 Å². The van der Waals surface area contributed by atoms with Gasteiger partial charge in [0.25, 0.3) is 0 Å². The van der Waals surface area contributed by atoms with Crippen molar-refractivity contribution in [3.05, 3.63) is 0 Å². The molecular formula is C10H20N2O4. The van der Waals surface area contributed by atoms with Gasteiger partial charge in [-0.3, -0.25) is 0 Å². The maximum absolute atomic E-state index is 11.4. The Bertz CT molecular complexity index is 291. The summed E-state index contributed by atoms with van der Waals surface area (Å²) in [5, 5.41) is 10.9. The van der Waals surface area contributed by atoms with Crippen LogP contribution in [0.1, 0.15) is 35.0 Å². The van der Waals surface area contributed by atoms with Crippen molar-refractivity contribution in [1.82, 2.24) is 5.32 Å². The molecule has 0 spiro atoms. The summed E-state index contributed by atoms with van der Waals surface area (Å²) in [5.41, 5.74) is 4.51. The van der Waals surface area contributed by atoms with Gasteiger partial charge in [-0.15, -0.1) is 0 Å². The first-order chi connectivity index (χ1) is 7.60. The lowest BCUT2D eigenvalue weighted by molar-refractivity contribution is -0.139. The third-order valence-corrected chi connectivity index (χ3v) is 1.54. The van der Waals surface area contributed by atoms with Gasteiger partial charge in [0.1, 0.15) is 11.6 Å². The third-order valence-electron chi connectivity index (χ3n) is 1.54. The zero-order valence-electron chi connectivity index (χ0n) is 10.9. The quantitative estimate of drug-likeness (QED) is 0.649. The molecule has 0 aliphatic rings. The highest BCUT2D eigenvalue weighted by Crippen LogP contribution is 2.07. The Morgan fingerprint density at radius 2 is 2.12 bits per heavy atom. The van der Waals surface area contributed by atoms with Crippen molar-refractivity contribution in [2.75, 3.05) is 6.54 Å². The van der Waals surface area contributed by atoms with Crippen molar-refractivity contribution < 1.29 is 20.8 Å². The lowest BCUT2D eigenvalue weighted by Crippen LogP contribution is -2.43. The summed E-state index contributed by atoms with van der Waals surface area (Å²) in [6, 6.07) is -2.10. The number of hydrogen-bond donors (Lipinski definition) is 3. The first kappa shape index (κ1) is 12.8. The van der Waals surface area contributed by atoms with Crippen molar-refractivity contribution in [3.63, 3.8) is 0 Å². The minimum absolute atomic E-state index is 0.0714. The molecule has 1 amide bonds. The molecule has 6 heteroatoms. The first-order valence-corrected chi connectivity index (χ1v) is 5.05. The van der Waals surface area contributed by atoms with Crippen molar-refractivity contribution in [2.24, 2.45) is 5.73 Å². The molecule has 16 heavy (non-hydrogen) atoms. The first-order valence-electron chi connectivity index (χ1n) is 5.55. The number of alkyl carbamates (subject to hydrolysis) is 1. The van der Waals surface area contributed by atoms with Gasteiger partial charge in [0, 0.05) is 0 Å². The van der Waals surface area contributed by atoms with Gasteiger partial charge in [-0.25, -0.2) is 9.59 Å². The van der Waals surface area contributed by atoms with E-state index in [0.717, 1.165) is 0 Å². The predicted molar refractivity (Wildman–Crippen MR) is 59.1 cm³/mol. The van der Waals surface area contributed by atoms with Crippen LogP contribution in [-0.2, 0) is 9.53 Å². The van der Waals surface area contributed by atoms with Gasteiger partial charge in [-0.2, -0.15) is 0 Å². The smallest absolute Gasteiger partial charge is 0.408 e. The summed E-state index contributed by atoms with van der Waals surface area (Å²) in [4.78, 5) is 22.3. The Hall–Kier alpha value is -1.30. The second kappa shape index (κ2) is 6.32. The van der Waals surface area contributed by atoms with Gasteiger partial charge >= 0.3 is 12.1 Å². The molecule has 6 nitrogen and oxygen atoms in total. The number of nitrogens with one attached hydrogen (secondary N) is 1. The maximum atomic E-state index is 11.4. The number of rotatable bonds is 5. The molecule has 0 fully saturated rings. The second-order valence-electron chi connectivity index (χ2n) is 4.30. The molecule has 0 bridgehead atoms. The highest BCUT2D eigenvalue weighted by Gasteiger charge is 2.23. The van der Waals surface area contributed by atoms with Crippen LogP contribution in [0.3, 0.4) is 0 Å². The minimum Gasteiger partial charge on any atom is -0.480 e. The van der Waals surface area contributed by atoms with E-state index in [1.54, 1.807) is 20.8 Å². The number of nitrogens with two attached hydrogens (primary N) is 1. The van der Waals surface area contributed by atoms with Gasteiger partial charge in [0.2, 0.25) is 0 Å². The zero-order chi connectivity index (χ0) is 13.7. The number of carbonyl (C=O) groups is 2. The fourth-order valence-electron chi connectivity index (χ4n) is 0.929. The Kier molecular flexibility index (Phi) is 5.04. The van der Waals surface area contributed by atoms with Crippen molar-refractivity contribution in [2.45, 2.75) is 45.2 Å². The molecule has 0 aliphatic carbocycles. The molecule has 0 heterocycles. The highest BCUT2D eigenvalue weighted by molar-refractivity contribution is 5.79. The molecule has 1 atom stereocenters. The van der Waals surface area contributed by atoms with E-state index in [1.165, 1.54) is 0 Å². The Morgan fingerprint density at radius 1 is 1.56 bits per heavy atom. The molecule has 0 saturated carbocycles. The average Bonchev–Trinajstić information content (AvgIpc) is 2.11. The fraction of sp³-hybridized carbons (Fsp3) is 0.800. The van der Waals surface area contributed by atoms with Crippen LogP contribution in [0.4, 0.5) is 4.79 Å². The Labute approximate surface area is 96.5 Å². The van der Waals surface area contributed by atoms with E-state index >= 15 is 0 Å². The Balaban J connectivity index is 4.55. The SMILES string of the molecule is [2H][C@](CCCN)(NC(=O)OC(C)(C)C)C(=O)O. The van der Waals surface area contributed by atoms with Crippen LogP contribution >= 0.6 is 0 Å². The van der Waals surface area contributed by atoms with Crippen molar-refractivity contribution in [1.29, 1.82) is 0 Å². The van der Waals surface area contributed by atoms with Gasteiger partial charge in [0.15, 0.2) is 0 Å². The lowest BCUT2D eigenvalue weighted by atomic mass is 10.1. The highest BCUT2D eigenvalue weighted by atomic mass is 16.6. The largest absolute Gasteiger partial charge is 0.480 e. The number of carbonyl (C=O) groups excluding carboxylic acids is 1. The second-order valence-corrected chi connectivity index (χ2v) is 4.30. The predicted octanol–water partition coefficient (Wildman–Crippen LogP) is 0.703. The number of carboxylic acid groups (broad SMARTS) is 1. The van der Waals surface area contributed by atoms with Gasteiger partial charge in [-0.05, 0) is 40.2 Å². The number of aliphatic carboxylic acids is 1. The molecule has 0 aromatic heterocycles. The molecule has 0 saturated heterocycles. The summed E-state index contributed by atoms with van der Waals surface area (Å²) in [5.74, 6) is -1.43. The van der Waals surface area contributed by atoms with Gasteiger partial charge in [0.05, 0.1) is 1.37 Å². The number of ether oxygens (including phenoxy) is 1.